The molecule has 2 aromatic heterocycles. The zero-order valence-electron chi connectivity index (χ0n) is 13.7. The van der Waals surface area contributed by atoms with E-state index in [2.05, 4.69) is 4.98 Å². The number of nitrogens with zero attached hydrogens (tertiary/aromatic N) is 2. The quantitative estimate of drug-likeness (QED) is 0.851. The first-order valence-corrected chi connectivity index (χ1v) is 7.94. The molecule has 0 fully saturated rings. The van der Waals surface area contributed by atoms with E-state index in [1.807, 2.05) is 0 Å². The van der Waals surface area contributed by atoms with Gasteiger partial charge >= 0.3 is 5.97 Å². The topological polar surface area (TPSA) is 104 Å². The van der Waals surface area contributed by atoms with Gasteiger partial charge in [-0.2, -0.15) is 0 Å². The molecule has 0 aliphatic carbocycles. The van der Waals surface area contributed by atoms with Gasteiger partial charge in [-0.1, -0.05) is 0 Å². The van der Waals surface area contributed by atoms with E-state index >= 15 is 0 Å². The van der Waals surface area contributed by atoms with Crippen LogP contribution in [0.3, 0.4) is 0 Å². The third kappa shape index (κ3) is 2.63. The smallest absolute Gasteiger partial charge is 0.331 e. The molecule has 0 unspecified atom stereocenters. The van der Waals surface area contributed by atoms with Crippen LogP contribution in [0, 0.1) is 13.8 Å². The lowest BCUT2D eigenvalue weighted by Crippen LogP contribution is -2.45. The van der Waals surface area contributed by atoms with Gasteiger partial charge in [-0.25, -0.2) is 9.78 Å². The molecule has 0 aliphatic heterocycles. The lowest BCUT2D eigenvalue weighted by atomic mass is 10.0. The monoisotopic (exact) mass is 337 g/mol. The molecule has 0 saturated carbocycles. The molecule has 0 atom stereocenters. The van der Waals surface area contributed by atoms with Crippen molar-refractivity contribution in [2.24, 2.45) is 5.73 Å². The average molecular weight is 337 g/mol. The maximum absolute atomic E-state index is 12.9. The van der Waals surface area contributed by atoms with Crippen molar-refractivity contribution in [3.05, 3.63) is 26.6 Å². The molecule has 124 valence electrons. The summed E-state index contributed by atoms with van der Waals surface area (Å²) in [5.41, 5.74) is 4.24. The fraction of sp³-hybridized carbons (Fsp3) is 0.467. The lowest BCUT2D eigenvalue weighted by Gasteiger charge is -2.26. The molecule has 0 aliphatic rings. The van der Waals surface area contributed by atoms with Crippen LogP contribution in [-0.2, 0) is 15.1 Å². The van der Waals surface area contributed by atoms with Crippen LogP contribution >= 0.6 is 11.3 Å². The lowest BCUT2D eigenvalue weighted by molar-refractivity contribution is -0.152. The Morgan fingerprint density at radius 3 is 2.48 bits per heavy atom. The molecule has 8 heteroatoms. The molecule has 2 N–H and O–H groups in total. The van der Waals surface area contributed by atoms with Gasteiger partial charge in [0.05, 0.1) is 16.9 Å². The SMILES string of the molecule is CCOC(=O)C(C)(C)n1c(C)nc2sc(C(N)=O)c(C)c2c1=O. The Balaban J connectivity index is 2.81. The molecular formula is C15H19N3O4S. The molecule has 0 radical (unpaired) electrons. The number of aromatic nitrogens is 2. The molecule has 2 aromatic rings. The summed E-state index contributed by atoms with van der Waals surface area (Å²) in [4.78, 5) is 41.8. The van der Waals surface area contributed by atoms with Crippen LogP contribution in [0.25, 0.3) is 10.2 Å². The number of rotatable bonds is 4. The van der Waals surface area contributed by atoms with Crippen molar-refractivity contribution in [1.82, 2.24) is 9.55 Å². The van der Waals surface area contributed by atoms with E-state index in [1.54, 1.807) is 34.6 Å². The molecule has 0 aromatic carbocycles. The highest BCUT2D eigenvalue weighted by molar-refractivity contribution is 7.20. The molecular weight excluding hydrogens is 318 g/mol. The van der Waals surface area contributed by atoms with Gasteiger partial charge in [0.15, 0.2) is 0 Å². The number of hydrogen-bond acceptors (Lipinski definition) is 6. The number of ether oxygens (including phenoxy) is 1. The zero-order valence-corrected chi connectivity index (χ0v) is 14.5. The minimum absolute atomic E-state index is 0.217. The number of nitrogens with two attached hydrogens (primary N) is 1. The Labute approximate surface area is 137 Å². The molecule has 1 amide bonds. The Morgan fingerprint density at radius 1 is 1.35 bits per heavy atom. The molecule has 0 bridgehead atoms. The van der Waals surface area contributed by atoms with E-state index < -0.39 is 17.4 Å². The summed E-state index contributed by atoms with van der Waals surface area (Å²) in [5, 5.41) is 0.312. The number of carbonyl (C=O) groups excluding carboxylic acids is 2. The molecule has 0 spiro atoms. The van der Waals surface area contributed by atoms with Gasteiger partial charge in [-0.05, 0) is 40.2 Å². The number of esters is 1. The van der Waals surface area contributed by atoms with Crippen LogP contribution in [0.1, 0.15) is 41.8 Å². The highest BCUT2D eigenvalue weighted by Gasteiger charge is 2.35. The summed E-state index contributed by atoms with van der Waals surface area (Å²) in [6, 6.07) is 0. The average Bonchev–Trinajstić information content (AvgIpc) is 2.75. The van der Waals surface area contributed by atoms with Gasteiger partial charge in [0, 0.05) is 0 Å². The molecule has 23 heavy (non-hydrogen) atoms. The van der Waals surface area contributed by atoms with Crippen molar-refractivity contribution in [2.45, 2.75) is 40.2 Å². The van der Waals surface area contributed by atoms with Gasteiger partial charge in [-0.15, -0.1) is 11.3 Å². The summed E-state index contributed by atoms with van der Waals surface area (Å²) in [7, 11) is 0. The summed E-state index contributed by atoms with van der Waals surface area (Å²) < 4.78 is 6.36. The number of carbonyl (C=O) groups is 2. The second-order valence-corrected chi connectivity index (χ2v) is 6.68. The summed E-state index contributed by atoms with van der Waals surface area (Å²) in [6.07, 6.45) is 0. The van der Waals surface area contributed by atoms with E-state index in [1.165, 1.54) is 4.57 Å². The summed E-state index contributed by atoms with van der Waals surface area (Å²) in [6.45, 7) is 8.41. The third-order valence-electron chi connectivity index (χ3n) is 3.69. The molecule has 7 nitrogen and oxygen atoms in total. The number of aryl methyl sites for hydroxylation is 2. The highest BCUT2D eigenvalue weighted by Crippen LogP contribution is 2.28. The van der Waals surface area contributed by atoms with Gasteiger partial charge in [0.25, 0.3) is 11.5 Å². The van der Waals surface area contributed by atoms with Crippen molar-refractivity contribution >= 4 is 33.4 Å². The predicted octanol–water partition coefficient (Wildman–Crippen LogP) is 1.47. The number of amides is 1. The van der Waals surface area contributed by atoms with E-state index in [9.17, 15) is 14.4 Å². The van der Waals surface area contributed by atoms with E-state index in [4.69, 9.17) is 10.5 Å². The fourth-order valence-corrected chi connectivity index (χ4v) is 3.65. The number of hydrogen-bond donors (Lipinski definition) is 1. The van der Waals surface area contributed by atoms with Crippen molar-refractivity contribution in [3.8, 4) is 0 Å². The summed E-state index contributed by atoms with van der Waals surface area (Å²) in [5.74, 6) is -0.745. The van der Waals surface area contributed by atoms with Gasteiger partial charge < -0.3 is 10.5 Å². The van der Waals surface area contributed by atoms with E-state index in [-0.39, 0.29) is 12.2 Å². The van der Waals surface area contributed by atoms with Gasteiger partial charge in [0.2, 0.25) is 0 Å². The number of fused-ring (bicyclic) bond motifs is 1. The number of thiophene rings is 1. The Hall–Kier alpha value is -2.22. The van der Waals surface area contributed by atoms with Crippen molar-refractivity contribution in [2.75, 3.05) is 6.61 Å². The van der Waals surface area contributed by atoms with Gasteiger partial charge in [0.1, 0.15) is 16.2 Å². The maximum atomic E-state index is 12.9. The maximum Gasteiger partial charge on any atom is 0.331 e. The predicted molar refractivity (Wildman–Crippen MR) is 87.8 cm³/mol. The second-order valence-electron chi connectivity index (χ2n) is 5.68. The molecule has 0 saturated heterocycles. The van der Waals surface area contributed by atoms with Crippen LogP contribution in [0.4, 0.5) is 0 Å². The third-order valence-corrected chi connectivity index (χ3v) is 4.89. The minimum atomic E-state index is -1.21. The van der Waals surface area contributed by atoms with E-state index in [0.29, 0.717) is 26.5 Å². The van der Waals surface area contributed by atoms with Crippen LogP contribution in [0.2, 0.25) is 0 Å². The number of primary amides is 1. The highest BCUT2D eigenvalue weighted by atomic mass is 32.1. The van der Waals surface area contributed by atoms with Crippen LogP contribution < -0.4 is 11.3 Å². The van der Waals surface area contributed by atoms with Crippen LogP contribution in [0.5, 0.6) is 0 Å². The second kappa shape index (κ2) is 5.77. The van der Waals surface area contributed by atoms with E-state index in [0.717, 1.165) is 11.3 Å². The first-order valence-electron chi connectivity index (χ1n) is 7.13. The molecule has 2 heterocycles. The Bertz CT molecular complexity index is 864. The van der Waals surface area contributed by atoms with Crippen molar-refractivity contribution in [1.29, 1.82) is 0 Å². The van der Waals surface area contributed by atoms with Crippen LogP contribution in [0.15, 0.2) is 4.79 Å². The van der Waals surface area contributed by atoms with Crippen LogP contribution in [-0.4, -0.2) is 28.0 Å². The Morgan fingerprint density at radius 2 is 1.96 bits per heavy atom. The first-order chi connectivity index (χ1) is 10.6. The normalized spacial score (nSPS) is 11.7. The van der Waals surface area contributed by atoms with Crippen molar-refractivity contribution in [3.63, 3.8) is 0 Å². The minimum Gasteiger partial charge on any atom is -0.464 e. The molecule has 2 rings (SSSR count). The summed E-state index contributed by atoms with van der Waals surface area (Å²) >= 11 is 1.08. The van der Waals surface area contributed by atoms with Gasteiger partial charge in [-0.3, -0.25) is 14.2 Å². The fourth-order valence-electron chi connectivity index (χ4n) is 2.58. The van der Waals surface area contributed by atoms with Crippen molar-refractivity contribution < 1.29 is 14.3 Å². The largest absolute Gasteiger partial charge is 0.464 e. The first kappa shape index (κ1) is 17.1. The zero-order chi connectivity index (χ0) is 17.5. The standard InChI is InChI=1S/C15H19N3O4S/c1-6-22-14(21)15(4,5)18-8(3)17-12-9(13(18)20)7(2)10(23-12)11(16)19/h6H2,1-5H3,(H2,16,19). The Kier molecular flexibility index (Phi) is 4.30.